The monoisotopic (exact) mass is 416 g/mol. The van der Waals surface area contributed by atoms with Crippen molar-refractivity contribution >= 4 is 17.3 Å². The van der Waals surface area contributed by atoms with Gasteiger partial charge in [0, 0.05) is 11.8 Å². The molecule has 0 aliphatic carbocycles. The molecule has 3 aromatic rings. The largest absolute Gasteiger partial charge is 0.487 e. The second-order valence-corrected chi connectivity index (χ2v) is 8.20. The normalized spacial score (nSPS) is 11.2. The summed E-state index contributed by atoms with van der Waals surface area (Å²) in [6.07, 6.45) is 6.49. The summed E-state index contributed by atoms with van der Waals surface area (Å²) < 4.78 is 5.58. The van der Waals surface area contributed by atoms with Gasteiger partial charge in [0.25, 0.3) is 0 Å². The van der Waals surface area contributed by atoms with Crippen molar-refractivity contribution in [3.05, 3.63) is 108 Å². The van der Waals surface area contributed by atoms with E-state index < -0.39 is 0 Å². The van der Waals surface area contributed by atoms with Crippen LogP contribution in [0.3, 0.4) is 0 Å². The number of hydrogen-bond acceptors (Lipinski definition) is 2. The third-order valence-electron chi connectivity index (χ3n) is 5.80. The van der Waals surface area contributed by atoms with Crippen LogP contribution in [0.4, 0.5) is 0 Å². The predicted octanol–water partition coefficient (Wildman–Crippen LogP) is 7.73. The van der Waals surface area contributed by atoms with E-state index in [4.69, 9.17) is 17.0 Å². The zero-order valence-electron chi connectivity index (χ0n) is 17.9. The third kappa shape index (κ3) is 5.58. The Morgan fingerprint density at radius 3 is 1.53 bits per heavy atom. The molecule has 0 N–H and O–H groups in total. The average Bonchev–Trinajstić information content (AvgIpc) is 2.82. The third-order valence-corrected chi connectivity index (χ3v) is 6.20. The fourth-order valence-corrected chi connectivity index (χ4v) is 4.32. The Bertz CT molecular complexity index is 778. The molecule has 0 aliphatic rings. The molecule has 156 valence electrons. The summed E-state index contributed by atoms with van der Waals surface area (Å²) in [6, 6.07) is 32.9. The summed E-state index contributed by atoms with van der Waals surface area (Å²) in [7, 11) is 0. The van der Waals surface area contributed by atoms with Crippen LogP contribution in [0, 0.1) is 0 Å². The number of unbranched alkanes of at least 4 members (excludes halogenated alkanes) is 3. The Morgan fingerprint density at radius 1 is 0.667 bits per heavy atom. The number of hydrogen-bond donors (Lipinski definition) is 0. The molecule has 0 bridgehead atoms. The maximum atomic E-state index is 5.58. The highest BCUT2D eigenvalue weighted by molar-refractivity contribution is 7.80. The highest BCUT2D eigenvalue weighted by Crippen LogP contribution is 2.43. The fourth-order valence-electron chi connectivity index (χ4n) is 4.23. The highest BCUT2D eigenvalue weighted by atomic mass is 32.1. The van der Waals surface area contributed by atoms with E-state index in [1.165, 1.54) is 29.5 Å². The van der Waals surface area contributed by atoms with Crippen LogP contribution < -0.4 is 0 Å². The molecule has 1 nitrogen and oxygen atoms in total. The summed E-state index contributed by atoms with van der Waals surface area (Å²) in [5.74, 6) is 0. The molecule has 0 aliphatic heterocycles. The quantitative estimate of drug-likeness (QED) is 0.180. The van der Waals surface area contributed by atoms with Crippen LogP contribution in [0.1, 0.15) is 62.1 Å². The molecular weight excluding hydrogens is 384 g/mol. The first-order valence-electron chi connectivity index (χ1n) is 11.1. The molecule has 0 aromatic heterocycles. The Balaban J connectivity index is 1.80. The summed E-state index contributed by atoms with van der Waals surface area (Å²) in [6.45, 7) is 2.78. The molecule has 0 atom stereocenters. The maximum Gasteiger partial charge on any atom is 0.159 e. The lowest BCUT2D eigenvalue weighted by Crippen LogP contribution is -2.29. The molecule has 0 saturated carbocycles. The molecular formula is C28H32OS. The first-order chi connectivity index (χ1) is 14.8. The molecule has 30 heavy (non-hydrogen) atoms. The number of benzene rings is 3. The van der Waals surface area contributed by atoms with Crippen molar-refractivity contribution in [1.29, 1.82) is 0 Å². The Kier molecular flexibility index (Phi) is 8.65. The van der Waals surface area contributed by atoms with Gasteiger partial charge in [0.2, 0.25) is 0 Å². The Labute approximate surface area is 187 Å². The van der Waals surface area contributed by atoms with Crippen molar-refractivity contribution in [1.82, 2.24) is 0 Å². The number of thiocarbonyl (C=S) groups is 1. The lowest BCUT2D eigenvalue weighted by Gasteiger charge is -2.36. The van der Waals surface area contributed by atoms with E-state index in [2.05, 4.69) is 91.0 Å². The van der Waals surface area contributed by atoms with Gasteiger partial charge in [-0.25, -0.2) is 0 Å². The van der Waals surface area contributed by atoms with Crippen LogP contribution in [0.15, 0.2) is 91.0 Å². The fraction of sp³-hybridized carbons (Fsp3) is 0.321. The molecule has 2 heteroatoms. The topological polar surface area (TPSA) is 9.23 Å². The van der Waals surface area contributed by atoms with Gasteiger partial charge in [0.15, 0.2) is 5.05 Å². The summed E-state index contributed by atoms with van der Waals surface area (Å²) in [4.78, 5) is 0. The van der Waals surface area contributed by atoms with Crippen molar-refractivity contribution in [2.45, 2.75) is 50.9 Å². The predicted molar refractivity (Wildman–Crippen MR) is 131 cm³/mol. The van der Waals surface area contributed by atoms with Crippen LogP contribution in [0.5, 0.6) is 0 Å². The van der Waals surface area contributed by atoms with E-state index in [0.717, 1.165) is 37.3 Å². The van der Waals surface area contributed by atoms with E-state index in [1.807, 2.05) is 6.92 Å². The minimum Gasteiger partial charge on any atom is -0.487 e. The van der Waals surface area contributed by atoms with Crippen LogP contribution >= 0.6 is 12.2 Å². The smallest absolute Gasteiger partial charge is 0.159 e. The first-order valence-corrected chi connectivity index (χ1v) is 11.5. The van der Waals surface area contributed by atoms with E-state index in [1.54, 1.807) is 0 Å². The molecule has 0 unspecified atom stereocenters. The zero-order chi connectivity index (χ0) is 21.1. The maximum absolute atomic E-state index is 5.58. The summed E-state index contributed by atoms with van der Waals surface area (Å²) in [5, 5.41) is 0.728. The van der Waals surface area contributed by atoms with Crippen LogP contribution in [0.25, 0.3) is 0 Å². The van der Waals surface area contributed by atoms with Crippen LogP contribution in [-0.4, -0.2) is 11.7 Å². The first kappa shape index (κ1) is 22.2. The Morgan fingerprint density at radius 2 is 1.10 bits per heavy atom. The minimum absolute atomic E-state index is 0.135. The van der Waals surface area contributed by atoms with Gasteiger partial charge in [-0.2, -0.15) is 0 Å². The molecule has 3 aromatic carbocycles. The molecule has 0 radical (unpaired) electrons. The van der Waals surface area contributed by atoms with Crippen molar-refractivity contribution in [2.75, 3.05) is 6.61 Å². The highest BCUT2D eigenvalue weighted by Gasteiger charge is 2.35. The van der Waals surface area contributed by atoms with Gasteiger partial charge < -0.3 is 4.74 Å². The molecule has 3 rings (SSSR count). The lowest BCUT2D eigenvalue weighted by atomic mass is 9.66. The summed E-state index contributed by atoms with van der Waals surface area (Å²) in [5.41, 5.74) is 3.95. The zero-order valence-corrected chi connectivity index (χ0v) is 18.7. The van der Waals surface area contributed by atoms with Gasteiger partial charge in [-0.1, -0.05) is 117 Å². The van der Waals surface area contributed by atoms with Crippen LogP contribution in [0.2, 0.25) is 0 Å². The average molecular weight is 417 g/mol. The van der Waals surface area contributed by atoms with Gasteiger partial charge in [-0.15, -0.1) is 0 Å². The van der Waals surface area contributed by atoms with Crippen molar-refractivity contribution in [3.8, 4) is 0 Å². The molecule has 0 heterocycles. The van der Waals surface area contributed by atoms with E-state index in [9.17, 15) is 0 Å². The van der Waals surface area contributed by atoms with E-state index >= 15 is 0 Å². The van der Waals surface area contributed by atoms with Crippen molar-refractivity contribution in [3.63, 3.8) is 0 Å². The van der Waals surface area contributed by atoms with Gasteiger partial charge in [-0.05, 0) is 41.7 Å². The minimum atomic E-state index is -0.135. The SMILES string of the molecule is CCC(=S)OCCCCCCC(c1ccccc1)(c1ccccc1)c1ccccc1. The van der Waals surface area contributed by atoms with E-state index in [-0.39, 0.29) is 5.41 Å². The standard InChI is InChI=1S/C28H32OS/c1-2-27(30)29-23-15-4-3-14-22-28(24-16-8-5-9-17-24,25-18-10-6-11-19-25)26-20-12-7-13-21-26/h5-13,16-21H,2-4,14-15,22-23H2,1H3. The molecule has 0 saturated heterocycles. The molecule has 0 amide bonds. The van der Waals surface area contributed by atoms with Crippen molar-refractivity contribution in [2.24, 2.45) is 0 Å². The van der Waals surface area contributed by atoms with Crippen molar-refractivity contribution < 1.29 is 4.74 Å². The second kappa shape index (κ2) is 11.7. The van der Waals surface area contributed by atoms with Crippen LogP contribution in [-0.2, 0) is 10.2 Å². The van der Waals surface area contributed by atoms with Gasteiger partial charge in [0.05, 0.1) is 6.61 Å². The number of ether oxygens (including phenoxy) is 1. The lowest BCUT2D eigenvalue weighted by molar-refractivity contribution is 0.292. The Hall–Kier alpha value is -2.45. The number of rotatable bonds is 11. The van der Waals surface area contributed by atoms with Gasteiger partial charge >= 0.3 is 0 Å². The molecule has 0 fully saturated rings. The summed E-state index contributed by atoms with van der Waals surface area (Å²) >= 11 is 5.15. The second-order valence-electron chi connectivity index (χ2n) is 7.74. The molecule has 0 spiro atoms. The van der Waals surface area contributed by atoms with Gasteiger partial charge in [-0.3, -0.25) is 0 Å². The van der Waals surface area contributed by atoms with E-state index in [0.29, 0.717) is 0 Å². The van der Waals surface area contributed by atoms with Gasteiger partial charge in [0.1, 0.15) is 0 Å².